The third-order valence-corrected chi connectivity index (χ3v) is 5.36. The molecule has 0 heterocycles. The number of hydrogen-bond acceptors (Lipinski definition) is 2. The predicted octanol–water partition coefficient (Wildman–Crippen LogP) is 1.44. The van der Waals surface area contributed by atoms with Gasteiger partial charge in [0.1, 0.15) is 0 Å². The minimum atomic E-state index is -0.810. The zero-order chi connectivity index (χ0) is 8.31. The Kier molecular flexibility index (Phi) is 5.85. The van der Waals surface area contributed by atoms with Crippen LogP contribution in [-0.2, 0) is 12.3 Å². The van der Waals surface area contributed by atoms with E-state index < -0.39 is 12.3 Å². The molecule has 0 aliphatic rings. The first kappa shape index (κ1) is 11.4. The van der Waals surface area contributed by atoms with Crippen molar-refractivity contribution in [1.82, 2.24) is 9.80 Å². The molecule has 0 aliphatic carbocycles. The van der Waals surface area contributed by atoms with Crippen molar-refractivity contribution in [1.29, 1.82) is 0 Å². The van der Waals surface area contributed by atoms with Crippen molar-refractivity contribution in [2.75, 3.05) is 28.2 Å². The molecule has 0 bridgehead atoms. The number of hydrogen-bond donors (Lipinski definition) is 0. The van der Waals surface area contributed by atoms with Gasteiger partial charge in [-0.2, -0.15) is 0 Å². The van der Waals surface area contributed by atoms with Crippen LogP contribution >= 0.6 is 26.9 Å². The number of nitrogens with zero attached hydrogens (tertiary/aromatic N) is 2. The van der Waals surface area contributed by atoms with Gasteiger partial charge >= 0.3 is 81.3 Å². The Morgan fingerprint density at radius 1 is 1.00 bits per heavy atom. The molecule has 2 nitrogen and oxygen atoms in total. The van der Waals surface area contributed by atoms with E-state index in [2.05, 4.69) is 36.7 Å². The summed E-state index contributed by atoms with van der Waals surface area (Å²) in [5, 5.41) is 0. The van der Waals surface area contributed by atoms with Gasteiger partial charge in [0.05, 0.1) is 0 Å². The van der Waals surface area contributed by atoms with E-state index in [0.717, 1.165) is 0 Å². The fourth-order valence-corrected chi connectivity index (χ4v) is 6.97. The molecule has 0 amide bonds. The second kappa shape index (κ2) is 5.13. The van der Waals surface area contributed by atoms with Gasteiger partial charge in [-0.1, -0.05) is 0 Å². The van der Waals surface area contributed by atoms with Crippen LogP contribution in [0.5, 0.6) is 0 Å². The van der Waals surface area contributed by atoms with E-state index in [4.69, 9.17) is 0 Å². The molecule has 0 aliphatic heterocycles. The summed E-state index contributed by atoms with van der Waals surface area (Å²) < 4.78 is 1.31. The summed E-state index contributed by atoms with van der Waals surface area (Å²) in [7, 11) is 8.19. The molecule has 0 atom stereocenters. The Balaban J connectivity index is 4.44. The fourth-order valence-electron chi connectivity index (χ4n) is 0.614. The Morgan fingerprint density at radius 3 is 1.30 bits per heavy atom. The van der Waals surface area contributed by atoms with Crippen LogP contribution in [0.1, 0.15) is 0 Å². The van der Waals surface area contributed by atoms with Gasteiger partial charge in [-0.3, -0.25) is 0 Å². The average molecular weight is 366 g/mol. The van der Waals surface area contributed by atoms with Crippen LogP contribution < -0.4 is 0 Å². The van der Waals surface area contributed by atoms with Crippen LogP contribution in [0.15, 0.2) is 0 Å². The van der Waals surface area contributed by atoms with E-state index >= 15 is 0 Å². The molecule has 0 saturated heterocycles. The van der Waals surface area contributed by atoms with E-state index in [0.29, 0.717) is 0 Å². The number of halogens is 2. The molecule has 0 aromatic heterocycles. The molecule has 5 heteroatoms. The molecular weight excluding hydrogens is 354 g/mol. The van der Waals surface area contributed by atoms with Gasteiger partial charge in [0.15, 0.2) is 0 Å². The average Bonchev–Trinajstić information content (AvgIpc) is 1.59. The van der Waals surface area contributed by atoms with Crippen molar-refractivity contribution < 1.29 is 12.3 Å². The Hall–Kier alpha value is 1.41. The summed E-state index contributed by atoms with van der Waals surface area (Å²) in [4.78, 5) is 4.23. The Bertz CT molecular complexity index is 131. The Morgan fingerprint density at radius 2 is 1.30 bits per heavy atom. The van der Waals surface area contributed by atoms with Gasteiger partial charge in [0, 0.05) is 0 Å². The maximum absolute atomic E-state index is 3.55. The van der Waals surface area contributed by atoms with Crippen LogP contribution in [-0.4, -0.2) is 42.2 Å². The van der Waals surface area contributed by atoms with Gasteiger partial charge in [-0.25, -0.2) is 0 Å². The van der Waals surface area contributed by atoms with Crippen molar-refractivity contribution in [2.24, 2.45) is 0 Å². The molecule has 0 N–H and O–H groups in total. The second-order valence-corrected chi connectivity index (χ2v) is 13.6. The van der Waals surface area contributed by atoms with E-state index in [1.54, 1.807) is 0 Å². The SMILES string of the molecule is CN(C)[C](N(C)C)=[Pd]([Br])[Br]. The Labute approximate surface area is 80.8 Å². The third kappa shape index (κ3) is 3.70. The summed E-state index contributed by atoms with van der Waals surface area (Å²) in [6, 6.07) is 0. The van der Waals surface area contributed by atoms with E-state index in [1.165, 1.54) is 4.23 Å². The zero-order valence-corrected chi connectivity index (χ0v) is 11.2. The van der Waals surface area contributed by atoms with Crippen molar-refractivity contribution in [2.45, 2.75) is 0 Å². The molecule has 0 unspecified atom stereocenters. The van der Waals surface area contributed by atoms with Gasteiger partial charge in [-0.05, 0) is 0 Å². The quantitative estimate of drug-likeness (QED) is 0.683. The van der Waals surface area contributed by atoms with Gasteiger partial charge in [0.2, 0.25) is 0 Å². The van der Waals surface area contributed by atoms with Gasteiger partial charge in [0.25, 0.3) is 0 Å². The van der Waals surface area contributed by atoms with Crippen LogP contribution in [0, 0.1) is 0 Å². The summed E-state index contributed by atoms with van der Waals surface area (Å²) in [6.07, 6.45) is 0. The zero-order valence-electron chi connectivity index (χ0n) is 6.47. The summed E-state index contributed by atoms with van der Waals surface area (Å²) in [5.41, 5.74) is 0. The van der Waals surface area contributed by atoms with E-state index in [-0.39, 0.29) is 0 Å². The molecule has 0 saturated carbocycles. The molecule has 0 aromatic rings. The van der Waals surface area contributed by atoms with Crippen LogP contribution in [0.25, 0.3) is 0 Å². The molecular formula is C5H12Br2N2Pd. The summed E-state index contributed by atoms with van der Waals surface area (Å²) >= 11 is 6.30. The summed E-state index contributed by atoms with van der Waals surface area (Å²) in [6.45, 7) is 0. The first-order valence-corrected chi connectivity index (χ1v) is 10.5. The van der Waals surface area contributed by atoms with E-state index in [1.807, 2.05) is 28.2 Å². The molecule has 0 fully saturated rings. The minimum absolute atomic E-state index is 0.810. The summed E-state index contributed by atoms with van der Waals surface area (Å²) in [5.74, 6) is 0. The van der Waals surface area contributed by atoms with E-state index in [9.17, 15) is 0 Å². The fraction of sp³-hybridized carbons (Fsp3) is 0.800. The molecule has 0 rings (SSSR count). The molecule has 0 spiro atoms. The first-order valence-electron chi connectivity index (χ1n) is 2.63. The maximum atomic E-state index is 3.55. The van der Waals surface area contributed by atoms with Crippen LogP contribution in [0.3, 0.4) is 0 Å². The third-order valence-electron chi connectivity index (χ3n) is 0.790. The number of rotatable bonds is 2. The molecule has 10 heavy (non-hydrogen) atoms. The van der Waals surface area contributed by atoms with Crippen molar-refractivity contribution >= 4 is 31.1 Å². The predicted molar refractivity (Wildman–Crippen MR) is 50.2 cm³/mol. The van der Waals surface area contributed by atoms with Crippen LogP contribution in [0.4, 0.5) is 0 Å². The normalized spacial score (nSPS) is 12.6. The van der Waals surface area contributed by atoms with Crippen molar-refractivity contribution in [3.05, 3.63) is 0 Å². The molecule has 66 valence electrons. The molecule has 0 aromatic carbocycles. The molecule has 0 radical (unpaired) electrons. The first-order chi connectivity index (χ1) is 4.46. The van der Waals surface area contributed by atoms with Crippen molar-refractivity contribution in [3.8, 4) is 0 Å². The standard InChI is InChI=1S/C5H12N2.2BrH.Pd/c1-6(2)5-7(3)4;;;/h1-4H3;2*1H;/q;;;+2/p-2. The van der Waals surface area contributed by atoms with Gasteiger partial charge in [-0.15, -0.1) is 0 Å². The van der Waals surface area contributed by atoms with Gasteiger partial charge < -0.3 is 0 Å². The second-order valence-electron chi connectivity index (χ2n) is 2.19. The topological polar surface area (TPSA) is 6.48 Å². The van der Waals surface area contributed by atoms with Crippen LogP contribution in [0.2, 0.25) is 0 Å². The monoisotopic (exact) mass is 364 g/mol. The van der Waals surface area contributed by atoms with Crippen molar-refractivity contribution in [3.63, 3.8) is 0 Å².